The van der Waals surface area contributed by atoms with Crippen molar-refractivity contribution in [3.05, 3.63) is 47.7 Å². The first-order valence-electron chi connectivity index (χ1n) is 6.15. The lowest BCUT2D eigenvalue weighted by Crippen LogP contribution is -2.49. The van der Waals surface area contributed by atoms with Gasteiger partial charge in [-0.1, -0.05) is 87.8 Å². The fraction of sp³-hybridized carbons (Fsp3) is 0.286. The molecule has 120 valence electrons. The summed E-state index contributed by atoms with van der Waals surface area (Å²) < 4.78 is -3.80. The molecular formula is C14H12Cl6N2. The molecule has 1 aromatic rings. The van der Waals surface area contributed by atoms with Gasteiger partial charge in [0, 0.05) is 17.8 Å². The van der Waals surface area contributed by atoms with Gasteiger partial charge in [0.05, 0.1) is 5.41 Å². The van der Waals surface area contributed by atoms with Gasteiger partial charge in [0.2, 0.25) is 7.59 Å². The number of halogens is 6. The molecule has 0 saturated carbocycles. The van der Waals surface area contributed by atoms with Crippen LogP contribution >= 0.6 is 69.6 Å². The number of allylic oxidation sites excluding steroid dienone is 4. The van der Waals surface area contributed by atoms with Crippen molar-refractivity contribution in [2.75, 3.05) is 5.73 Å². The Hall–Kier alpha value is 0.0400. The van der Waals surface area contributed by atoms with Gasteiger partial charge >= 0.3 is 0 Å². The number of anilines is 1. The van der Waals surface area contributed by atoms with Crippen LogP contribution in [0.2, 0.25) is 0 Å². The number of nitrogens with two attached hydrogens (primary N) is 2. The van der Waals surface area contributed by atoms with E-state index in [1.807, 2.05) is 0 Å². The summed E-state index contributed by atoms with van der Waals surface area (Å²) in [5.74, 6) is 0. The Morgan fingerprint density at radius 3 is 1.77 bits per heavy atom. The van der Waals surface area contributed by atoms with Crippen LogP contribution in [0.3, 0.4) is 0 Å². The van der Waals surface area contributed by atoms with Crippen molar-refractivity contribution in [2.45, 2.75) is 14.0 Å². The normalized spacial score (nSPS) is 18.6. The van der Waals surface area contributed by atoms with Gasteiger partial charge in [-0.3, -0.25) is 0 Å². The monoisotopic (exact) mass is 418 g/mol. The van der Waals surface area contributed by atoms with Crippen LogP contribution in [0.4, 0.5) is 5.69 Å². The standard InChI is InChI=1S/C14H12Cl6N2/c15-13(16,17)12(14(18,19)20)7-10(22)5-6-11(12)8-1-3-9(21)4-2-8/h1-6H,7,21-22H2. The zero-order valence-corrected chi connectivity index (χ0v) is 15.6. The number of nitrogen functional groups attached to an aromatic ring is 1. The third-order valence-corrected chi connectivity index (χ3v) is 5.52. The summed E-state index contributed by atoms with van der Waals surface area (Å²) in [6.45, 7) is 0. The summed E-state index contributed by atoms with van der Waals surface area (Å²) in [4.78, 5) is 0. The highest BCUT2D eigenvalue weighted by molar-refractivity contribution is 6.74. The molecule has 1 aliphatic rings. The van der Waals surface area contributed by atoms with E-state index in [2.05, 4.69) is 0 Å². The van der Waals surface area contributed by atoms with Crippen LogP contribution in [-0.4, -0.2) is 7.59 Å². The van der Waals surface area contributed by atoms with Gasteiger partial charge in [0.25, 0.3) is 0 Å². The van der Waals surface area contributed by atoms with Crippen LogP contribution in [0.25, 0.3) is 5.57 Å². The summed E-state index contributed by atoms with van der Waals surface area (Å²) >= 11 is 37.3. The van der Waals surface area contributed by atoms with Crippen molar-refractivity contribution in [3.8, 4) is 0 Å². The van der Waals surface area contributed by atoms with E-state index in [0.717, 1.165) is 5.56 Å². The van der Waals surface area contributed by atoms with E-state index in [-0.39, 0.29) is 6.42 Å². The minimum absolute atomic E-state index is 0.0935. The Labute approximate surface area is 158 Å². The fourth-order valence-corrected chi connectivity index (χ4v) is 4.76. The molecule has 0 amide bonds. The van der Waals surface area contributed by atoms with Gasteiger partial charge in [-0.05, 0) is 29.3 Å². The average Bonchev–Trinajstić information content (AvgIpc) is 2.37. The lowest BCUT2D eigenvalue weighted by molar-refractivity contribution is 0.405. The fourth-order valence-electron chi connectivity index (χ4n) is 2.46. The Morgan fingerprint density at radius 1 is 0.818 bits per heavy atom. The number of alkyl halides is 6. The maximum Gasteiger partial charge on any atom is 0.204 e. The molecule has 2 nitrogen and oxygen atoms in total. The number of hydrogen-bond donors (Lipinski definition) is 2. The molecule has 0 saturated heterocycles. The predicted molar refractivity (Wildman–Crippen MR) is 98.7 cm³/mol. The topological polar surface area (TPSA) is 52.0 Å². The van der Waals surface area contributed by atoms with Crippen LogP contribution in [-0.2, 0) is 0 Å². The number of benzene rings is 1. The quantitative estimate of drug-likeness (QED) is 0.457. The maximum absolute atomic E-state index is 6.22. The molecule has 1 aromatic carbocycles. The van der Waals surface area contributed by atoms with Crippen molar-refractivity contribution >= 4 is 80.9 Å². The van der Waals surface area contributed by atoms with Crippen molar-refractivity contribution < 1.29 is 0 Å². The molecule has 8 heteroatoms. The third kappa shape index (κ3) is 3.15. The highest BCUT2D eigenvalue weighted by atomic mass is 35.6. The molecule has 0 aliphatic heterocycles. The van der Waals surface area contributed by atoms with Crippen LogP contribution in [0.15, 0.2) is 42.1 Å². The molecule has 4 N–H and O–H groups in total. The van der Waals surface area contributed by atoms with Gasteiger partial charge in [0.1, 0.15) is 0 Å². The van der Waals surface area contributed by atoms with Gasteiger partial charge in [-0.15, -0.1) is 0 Å². The molecule has 0 fully saturated rings. The summed E-state index contributed by atoms with van der Waals surface area (Å²) in [7, 11) is 0. The number of rotatable bonds is 1. The summed E-state index contributed by atoms with van der Waals surface area (Å²) in [5.41, 5.74) is 12.5. The van der Waals surface area contributed by atoms with Gasteiger partial charge in [-0.2, -0.15) is 0 Å². The molecule has 2 rings (SSSR count). The molecule has 22 heavy (non-hydrogen) atoms. The van der Waals surface area contributed by atoms with Crippen LogP contribution in [0, 0.1) is 5.41 Å². The molecule has 0 bridgehead atoms. The average molecular weight is 421 g/mol. The second-order valence-electron chi connectivity index (χ2n) is 5.02. The van der Waals surface area contributed by atoms with Gasteiger partial charge in [-0.25, -0.2) is 0 Å². The molecular weight excluding hydrogens is 409 g/mol. The molecule has 0 unspecified atom stereocenters. The van der Waals surface area contributed by atoms with Gasteiger partial charge < -0.3 is 11.5 Å². The van der Waals surface area contributed by atoms with E-state index in [4.69, 9.17) is 81.1 Å². The molecule has 0 atom stereocenters. The van der Waals surface area contributed by atoms with E-state index in [9.17, 15) is 0 Å². The lowest BCUT2D eigenvalue weighted by atomic mass is 9.73. The molecule has 0 spiro atoms. The van der Waals surface area contributed by atoms with Crippen LogP contribution < -0.4 is 11.5 Å². The molecule has 0 radical (unpaired) electrons. The summed E-state index contributed by atoms with van der Waals surface area (Å²) in [6.07, 6.45) is 3.50. The van der Waals surface area contributed by atoms with Crippen molar-refractivity contribution in [1.82, 2.24) is 0 Å². The second kappa shape index (κ2) is 6.16. The third-order valence-electron chi connectivity index (χ3n) is 3.58. The Morgan fingerprint density at radius 2 is 1.32 bits per heavy atom. The minimum Gasteiger partial charge on any atom is -0.402 e. The Kier molecular flexibility index (Phi) is 5.15. The molecule has 0 aromatic heterocycles. The zero-order chi connectivity index (χ0) is 16.8. The first kappa shape index (κ1) is 18.4. The van der Waals surface area contributed by atoms with Crippen molar-refractivity contribution in [2.24, 2.45) is 11.1 Å². The smallest absolute Gasteiger partial charge is 0.204 e. The highest BCUT2D eigenvalue weighted by Gasteiger charge is 2.63. The lowest BCUT2D eigenvalue weighted by Gasteiger charge is -2.47. The Bertz CT molecular complexity index is 608. The summed E-state index contributed by atoms with van der Waals surface area (Å²) in [5, 5.41) is 0. The van der Waals surface area contributed by atoms with Crippen molar-refractivity contribution in [1.29, 1.82) is 0 Å². The minimum atomic E-state index is -1.90. The number of hydrogen-bond acceptors (Lipinski definition) is 2. The van der Waals surface area contributed by atoms with Crippen molar-refractivity contribution in [3.63, 3.8) is 0 Å². The molecule has 0 heterocycles. The predicted octanol–water partition coefficient (Wildman–Crippen LogP) is 5.63. The summed E-state index contributed by atoms with van der Waals surface area (Å²) in [6, 6.07) is 6.99. The highest BCUT2D eigenvalue weighted by Crippen LogP contribution is 2.66. The largest absolute Gasteiger partial charge is 0.402 e. The van der Waals surface area contributed by atoms with E-state index < -0.39 is 13.0 Å². The van der Waals surface area contributed by atoms with E-state index in [0.29, 0.717) is 17.0 Å². The van der Waals surface area contributed by atoms with E-state index in [1.165, 1.54) is 0 Å². The zero-order valence-electron chi connectivity index (χ0n) is 11.1. The van der Waals surface area contributed by atoms with Gasteiger partial charge in [0.15, 0.2) is 0 Å². The maximum atomic E-state index is 6.22. The second-order valence-corrected chi connectivity index (χ2v) is 9.58. The van der Waals surface area contributed by atoms with E-state index in [1.54, 1.807) is 36.4 Å². The van der Waals surface area contributed by atoms with E-state index >= 15 is 0 Å². The van der Waals surface area contributed by atoms with Crippen LogP contribution in [0.1, 0.15) is 12.0 Å². The first-order valence-corrected chi connectivity index (χ1v) is 8.42. The van der Waals surface area contributed by atoms with Crippen LogP contribution in [0.5, 0.6) is 0 Å². The Balaban J connectivity index is 2.73. The first-order chi connectivity index (χ1) is 9.99. The molecule has 1 aliphatic carbocycles. The SMILES string of the molecule is NC1=CC=C(c2ccc(N)cc2)C(C(Cl)(Cl)Cl)(C(Cl)(Cl)Cl)C1.